The van der Waals surface area contributed by atoms with Crippen molar-refractivity contribution in [2.45, 2.75) is 40.5 Å². The van der Waals surface area contributed by atoms with E-state index in [1.807, 2.05) is 0 Å². The maximum atomic E-state index is 10.9. The maximum Gasteiger partial charge on any atom is 0.309 e. The summed E-state index contributed by atoms with van der Waals surface area (Å²) in [6.07, 6.45) is 0.898. The number of hydrogen-bond acceptors (Lipinski definition) is 3. The van der Waals surface area contributed by atoms with E-state index in [0.717, 1.165) is 0 Å². The first-order valence-electron chi connectivity index (χ1n) is 6.47. The molecule has 0 saturated carbocycles. The van der Waals surface area contributed by atoms with Crippen LogP contribution in [-0.2, 0) is 9.59 Å². The lowest BCUT2D eigenvalue weighted by molar-refractivity contribution is -0.148. The van der Waals surface area contributed by atoms with E-state index < -0.39 is 22.8 Å². The molecule has 0 aliphatic heterocycles. The van der Waals surface area contributed by atoms with Crippen molar-refractivity contribution in [3.63, 3.8) is 0 Å². The minimum absolute atomic E-state index is 0.410. The summed E-state index contributed by atoms with van der Waals surface area (Å²) in [6, 6.07) is 0. The van der Waals surface area contributed by atoms with Crippen LogP contribution < -0.4 is 10.6 Å². The molecule has 0 radical (unpaired) electrons. The molecule has 0 saturated heterocycles. The summed E-state index contributed by atoms with van der Waals surface area (Å²) in [6.45, 7) is 7.53. The summed E-state index contributed by atoms with van der Waals surface area (Å²) >= 11 is 5.04. The van der Waals surface area contributed by atoms with E-state index in [-0.39, 0.29) is 0 Å². The van der Waals surface area contributed by atoms with E-state index in [9.17, 15) is 9.59 Å². The Balaban J connectivity index is 3.92. The van der Waals surface area contributed by atoms with Crippen molar-refractivity contribution in [2.24, 2.45) is 10.8 Å². The van der Waals surface area contributed by atoms with E-state index >= 15 is 0 Å². The van der Waals surface area contributed by atoms with E-state index in [1.165, 1.54) is 0 Å². The number of hydrogen-bond donors (Lipinski definition) is 4. The minimum Gasteiger partial charge on any atom is -0.481 e. The molecule has 6 nitrogen and oxygen atoms in total. The normalized spacial score (nSPS) is 11.8. The quantitative estimate of drug-likeness (QED) is 0.504. The van der Waals surface area contributed by atoms with Crippen molar-refractivity contribution < 1.29 is 19.8 Å². The second-order valence-electron chi connectivity index (χ2n) is 6.06. The number of rotatable bonds is 8. The molecular formula is C13H24N2O4S. The van der Waals surface area contributed by atoms with Crippen molar-refractivity contribution in [1.82, 2.24) is 10.6 Å². The van der Waals surface area contributed by atoms with Crippen LogP contribution >= 0.6 is 12.2 Å². The number of aliphatic carboxylic acids is 2. The van der Waals surface area contributed by atoms with Gasteiger partial charge in [0, 0.05) is 13.1 Å². The molecule has 0 rings (SSSR count). The Morgan fingerprint density at radius 1 is 0.900 bits per heavy atom. The van der Waals surface area contributed by atoms with Gasteiger partial charge in [-0.15, -0.1) is 0 Å². The molecule has 0 heterocycles. The number of thiocarbonyl (C=S) groups is 1. The monoisotopic (exact) mass is 304 g/mol. The Bertz CT molecular complexity index is 347. The largest absolute Gasteiger partial charge is 0.481 e. The average Bonchev–Trinajstić information content (AvgIpc) is 2.27. The van der Waals surface area contributed by atoms with Gasteiger partial charge in [-0.1, -0.05) is 0 Å². The summed E-state index contributed by atoms with van der Waals surface area (Å²) in [4.78, 5) is 21.8. The number of nitrogens with one attached hydrogen (secondary N) is 2. The predicted molar refractivity (Wildman–Crippen MR) is 80.7 cm³/mol. The zero-order valence-corrected chi connectivity index (χ0v) is 13.3. The Morgan fingerprint density at radius 3 is 1.45 bits per heavy atom. The molecule has 116 valence electrons. The molecule has 0 unspecified atom stereocenters. The van der Waals surface area contributed by atoms with Gasteiger partial charge in [-0.05, 0) is 52.8 Å². The van der Waals surface area contributed by atoms with Crippen molar-refractivity contribution in [1.29, 1.82) is 0 Å². The van der Waals surface area contributed by atoms with Gasteiger partial charge in [0.2, 0.25) is 0 Å². The van der Waals surface area contributed by atoms with Gasteiger partial charge < -0.3 is 20.8 Å². The van der Waals surface area contributed by atoms with Gasteiger partial charge in [-0.3, -0.25) is 9.59 Å². The predicted octanol–water partition coefficient (Wildman–Crippen LogP) is 1.45. The lowest BCUT2D eigenvalue weighted by Crippen LogP contribution is -2.40. The van der Waals surface area contributed by atoms with Crippen LogP contribution in [0.25, 0.3) is 0 Å². The Labute approximate surface area is 124 Å². The number of carbonyl (C=O) groups is 2. The topological polar surface area (TPSA) is 98.7 Å². The molecule has 4 N–H and O–H groups in total. The third-order valence-corrected chi connectivity index (χ3v) is 3.52. The average molecular weight is 304 g/mol. The summed E-state index contributed by atoms with van der Waals surface area (Å²) in [5, 5.41) is 24.2. The standard InChI is InChI=1S/C13H24N2O4S/c1-12(2,9(16)17)5-7-14-11(20)15-8-6-13(3,4)10(18)19/h5-8H2,1-4H3,(H,16,17)(H,18,19)(H2,14,15,20). The number of carboxylic acids is 2. The SMILES string of the molecule is CC(C)(CCNC(=S)NCCC(C)(C)C(=O)O)C(=O)O. The molecule has 0 aromatic rings. The van der Waals surface area contributed by atoms with Gasteiger partial charge in [-0.25, -0.2) is 0 Å². The van der Waals surface area contributed by atoms with Crippen molar-refractivity contribution in [3.05, 3.63) is 0 Å². The molecule has 0 atom stereocenters. The Morgan fingerprint density at radius 2 is 1.20 bits per heavy atom. The van der Waals surface area contributed by atoms with Crippen LogP contribution in [0.3, 0.4) is 0 Å². The van der Waals surface area contributed by atoms with Crippen LogP contribution in [0.4, 0.5) is 0 Å². The van der Waals surface area contributed by atoms with Crippen molar-refractivity contribution >= 4 is 29.3 Å². The molecule has 0 aliphatic carbocycles. The number of carboxylic acid groups (broad SMARTS) is 2. The highest BCUT2D eigenvalue weighted by atomic mass is 32.1. The second-order valence-corrected chi connectivity index (χ2v) is 6.47. The van der Waals surface area contributed by atoms with Gasteiger partial charge >= 0.3 is 11.9 Å². The van der Waals surface area contributed by atoms with Crippen molar-refractivity contribution in [3.8, 4) is 0 Å². The zero-order chi connectivity index (χ0) is 16.0. The van der Waals surface area contributed by atoms with Crippen LogP contribution in [0.15, 0.2) is 0 Å². The Hall–Kier alpha value is -1.37. The van der Waals surface area contributed by atoms with E-state index in [4.69, 9.17) is 22.4 Å². The summed E-state index contributed by atoms with van der Waals surface area (Å²) < 4.78 is 0. The first kappa shape index (κ1) is 18.6. The van der Waals surface area contributed by atoms with E-state index in [2.05, 4.69) is 10.6 Å². The van der Waals surface area contributed by atoms with Crippen LogP contribution in [0, 0.1) is 10.8 Å². The zero-order valence-electron chi connectivity index (χ0n) is 12.4. The van der Waals surface area contributed by atoms with Crippen LogP contribution in [0.5, 0.6) is 0 Å². The molecule has 7 heteroatoms. The smallest absolute Gasteiger partial charge is 0.309 e. The van der Waals surface area contributed by atoms with Crippen molar-refractivity contribution in [2.75, 3.05) is 13.1 Å². The van der Waals surface area contributed by atoms with Gasteiger partial charge in [0.15, 0.2) is 5.11 Å². The molecule has 20 heavy (non-hydrogen) atoms. The lowest BCUT2D eigenvalue weighted by atomic mass is 9.89. The lowest BCUT2D eigenvalue weighted by Gasteiger charge is -2.21. The van der Waals surface area contributed by atoms with Gasteiger partial charge in [-0.2, -0.15) is 0 Å². The van der Waals surface area contributed by atoms with Gasteiger partial charge in [0.05, 0.1) is 10.8 Å². The third kappa shape index (κ3) is 6.70. The summed E-state index contributed by atoms with van der Waals surface area (Å²) in [7, 11) is 0. The maximum absolute atomic E-state index is 10.9. The highest BCUT2D eigenvalue weighted by molar-refractivity contribution is 7.80. The fraction of sp³-hybridized carbons (Fsp3) is 0.769. The fourth-order valence-corrected chi connectivity index (χ4v) is 1.46. The summed E-state index contributed by atoms with van der Waals surface area (Å²) in [5.74, 6) is -1.69. The van der Waals surface area contributed by atoms with E-state index in [0.29, 0.717) is 31.0 Å². The molecule has 0 aliphatic rings. The molecule has 0 amide bonds. The molecule has 0 aromatic heterocycles. The first-order valence-corrected chi connectivity index (χ1v) is 6.88. The van der Waals surface area contributed by atoms with Crippen LogP contribution in [-0.4, -0.2) is 40.4 Å². The second kappa shape index (κ2) is 7.42. The molecule has 0 bridgehead atoms. The minimum atomic E-state index is -0.846. The highest BCUT2D eigenvalue weighted by Gasteiger charge is 2.27. The summed E-state index contributed by atoms with van der Waals surface area (Å²) in [5.41, 5.74) is -1.60. The van der Waals surface area contributed by atoms with Gasteiger partial charge in [0.1, 0.15) is 0 Å². The van der Waals surface area contributed by atoms with Gasteiger partial charge in [0.25, 0.3) is 0 Å². The van der Waals surface area contributed by atoms with Crippen LogP contribution in [0.1, 0.15) is 40.5 Å². The highest BCUT2D eigenvalue weighted by Crippen LogP contribution is 2.20. The molecule has 0 aromatic carbocycles. The third-order valence-electron chi connectivity index (χ3n) is 3.23. The fourth-order valence-electron chi connectivity index (χ4n) is 1.25. The molecule has 0 spiro atoms. The Kier molecular flexibility index (Phi) is 6.91. The molecule has 0 fully saturated rings. The van der Waals surface area contributed by atoms with E-state index in [1.54, 1.807) is 27.7 Å². The molecular weight excluding hydrogens is 280 g/mol. The first-order chi connectivity index (χ1) is 8.99. The van der Waals surface area contributed by atoms with Crippen LogP contribution in [0.2, 0.25) is 0 Å².